The molecule has 0 aromatic heterocycles. The Kier molecular flexibility index (Phi) is 5.51. The maximum atomic E-state index is 12.4. The highest BCUT2D eigenvalue weighted by Crippen LogP contribution is 2.30. The first-order valence-corrected chi connectivity index (χ1v) is 9.03. The van der Waals surface area contributed by atoms with Gasteiger partial charge in [-0.3, -0.25) is 9.59 Å². The molecule has 0 saturated carbocycles. The number of benzene rings is 1. The summed E-state index contributed by atoms with van der Waals surface area (Å²) in [5, 5.41) is 5.82. The Morgan fingerprint density at radius 3 is 2.83 bits per heavy atom. The van der Waals surface area contributed by atoms with E-state index in [4.69, 9.17) is 0 Å². The van der Waals surface area contributed by atoms with E-state index < -0.39 is 0 Å². The summed E-state index contributed by atoms with van der Waals surface area (Å²) < 4.78 is 0. The van der Waals surface area contributed by atoms with Gasteiger partial charge in [-0.1, -0.05) is 12.5 Å². The second-order valence-corrected chi connectivity index (χ2v) is 6.97. The van der Waals surface area contributed by atoms with Crippen LogP contribution in [0.1, 0.15) is 49.4 Å². The highest BCUT2D eigenvalue weighted by atomic mass is 16.2. The maximum Gasteiger partial charge on any atom is 0.251 e. The van der Waals surface area contributed by atoms with Gasteiger partial charge in [0, 0.05) is 30.8 Å². The minimum absolute atomic E-state index is 0.0601. The number of amides is 2. The van der Waals surface area contributed by atoms with Crippen molar-refractivity contribution in [3.05, 3.63) is 29.8 Å². The molecule has 2 fully saturated rings. The Bertz CT molecular complexity index is 600. The largest absolute Gasteiger partial charge is 0.352 e. The first-order chi connectivity index (χ1) is 11.6. The standard InChI is InChI=1S/C19H27N3O2/c1-14(23)21-17-8-4-6-15(12-17)19(24)20-13-16-7-5-11-22-10-3-2-9-18(16)22/h4,6,8,12,16,18H,2-3,5,7,9-11,13H2,1H3,(H,20,24)(H,21,23). The molecule has 2 aliphatic heterocycles. The topological polar surface area (TPSA) is 61.4 Å². The number of hydrogen-bond donors (Lipinski definition) is 2. The van der Waals surface area contributed by atoms with Crippen molar-refractivity contribution >= 4 is 17.5 Å². The molecular formula is C19H27N3O2. The average Bonchev–Trinajstić information content (AvgIpc) is 2.59. The summed E-state index contributed by atoms with van der Waals surface area (Å²) >= 11 is 0. The molecule has 5 nitrogen and oxygen atoms in total. The average molecular weight is 329 g/mol. The normalized spacial score (nSPS) is 24.0. The van der Waals surface area contributed by atoms with E-state index in [0.717, 1.165) is 6.54 Å². The lowest BCUT2D eigenvalue weighted by atomic mass is 9.83. The Labute approximate surface area is 143 Å². The van der Waals surface area contributed by atoms with Crippen molar-refractivity contribution in [2.45, 2.75) is 45.1 Å². The van der Waals surface area contributed by atoms with Crippen molar-refractivity contribution in [2.75, 3.05) is 25.0 Å². The van der Waals surface area contributed by atoms with Crippen LogP contribution in [0.5, 0.6) is 0 Å². The Morgan fingerprint density at radius 2 is 2.00 bits per heavy atom. The van der Waals surface area contributed by atoms with Gasteiger partial charge in [-0.15, -0.1) is 0 Å². The highest BCUT2D eigenvalue weighted by Gasteiger charge is 2.32. The van der Waals surface area contributed by atoms with Gasteiger partial charge in [0.1, 0.15) is 0 Å². The second kappa shape index (κ2) is 7.79. The summed E-state index contributed by atoms with van der Waals surface area (Å²) in [6, 6.07) is 7.74. The number of piperidine rings is 2. The molecule has 2 saturated heterocycles. The number of carbonyl (C=O) groups is 2. The van der Waals surface area contributed by atoms with E-state index in [-0.39, 0.29) is 11.8 Å². The van der Waals surface area contributed by atoms with Gasteiger partial charge in [-0.05, 0) is 62.9 Å². The van der Waals surface area contributed by atoms with E-state index in [1.54, 1.807) is 24.3 Å². The van der Waals surface area contributed by atoms with Crippen LogP contribution in [0.2, 0.25) is 0 Å². The molecule has 1 aromatic carbocycles. The predicted octanol–water partition coefficient (Wildman–Crippen LogP) is 2.64. The number of anilines is 1. The van der Waals surface area contributed by atoms with Crippen molar-refractivity contribution in [2.24, 2.45) is 5.92 Å². The van der Waals surface area contributed by atoms with Crippen LogP contribution >= 0.6 is 0 Å². The van der Waals surface area contributed by atoms with Gasteiger partial charge in [-0.2, -0.15) is 0 Å². The SMILES string of the molecule is CC(=O)Nc1cccc(C(=O)NCC2CCCN3CCCCC23)c1. The van der Waals surface area contributed by atoms with E-state index in [1.165, 1.54) is 52.1 Å². The molecule has 24 heavy (non-hydrogen) atoms. The summed E-state index contributed by atoms with van der Waals surface area (Å²) in [7, 11) is 0. The van der Waals surface area contributed by atoms with Gasteiger partial charge >= 0.3 is 0 Å². The van der Waals surface area contributed by atoms with Crippen molar-refractivity contribution < 1.29 is 9.59 Å². The van der Waals surface area contributed by atoms with E-state index >= 15 is 0 Å². The molecule has 0 aliphatic carbocycles. The van der Waals surface area contributed by atoms with Crippen LogP contribution in [0.15, 0.2) is 24.3 Å². The molecule has 2 amide bonds. The van der Waals surface area contributed by atoms with Crippen molar-refractivity contribution in [1.29, 1.82) is 0 Å². The lowest BCUT2D eigenvalue weighted by molar-refractivity contribution is -0.114. The molecule has 2 aliphatic rings. The zero-order valence-corrected chi connectivity index (χ0v) is 14.4. The van der Waals surface area contributed by atoms with Crippen LogP contribution in [0, 0.1) is 5.92 Å². The summed E-state index contributed by atoms with van der Waals surface area (Å²) in [4.78, 5) is 26.2. The quantitative estimate of drug-likeness (QED) is 0.893. The summed E-state index contributed by atoms with van der Waals surface area (Å²) in [5.41, 5.74) is 1.25. The third kappa shape index (κ3) is 4.15. The number of hydrogen-bond acceptors (Lipinski definition) is 3. The van der Waals surface area contributed by atoms with Crippen LogP contribution in [-0.4, -0.2) is 42.4 Å². The third-order valence-electron chi connectivity index (χ3n) is 5.20. The van der Waals surface area contributed by atoms with Crippen molar-refractivity contribution in [3.63, 3.8) is 0 Å². The summed E-state index contributed by atoms with van der Waals surface area (Å²) in [6.45, 7) is 4.64. The smallest absolute Gasteiger partial charge is 0.251 e. The highest BCUT2D eigenvalue weighted by molar-refractivity contribution is 5.96. The molecule has 0 bridgehead atoms. The van der Waals surface area contributed by atoms with Crippen LogP contribution in [-0.2, 0) is 4.79 Å². The van der Waals surface area contributed by atoms with Crippen LogP contribution < -0.4 is 10.6 Å². The minimum Gasteiger partial charge on any atom is -0.352 e. The molecular weight excluding hydrogens is 302 g/mol. The second-order valence-electron chi connectivity index (χ2n) is 6.97. The fourth-order valence-corrected chi connectivity index (χ4v) is 4.08. The monoisotopic (exact) mass is 329 g/mol. The number of nitrogens with zero attached hydrogens (tertiary/aromatic N) is 1. The van der Waals surface area contributed by atoms with Gasteiger partial charge in [0.15, 0.2) is 0 Å². The molecule has 2 heterocycles. The van der Waals surface area contributed by atoms with E-state index in [0.29, 0.717) is 23.2 Å². The maximum absolute atomic E-state index is 12.4. The first-order valence-electron chi connectivity index (χ1n) is 9.03. The van der Waals surface area contributed by atoms with Gasteiger partial charge in [0.05, 0.1) is 0 Å². The molecule has 2 N–H and O–H groups in total. The molecule has 0 radical (unpaired) electrons. The van der Waals surface area contributed by atoms with Gasteiger partial charge < -0.3 is 15.5 Å². The molecule has 2 atom stereocenters. The lowest BCUT2D eigenvalue weighted by Crippen LogP contribution is -2.51. The molecule has 3 rings (SSSR count). The van der Waals surface area contributed by atoms with Crippen molar-refractivity contribution in [1.82, 2.24) is 10.2 Å². The van der Waals surface area contributed by atoms with Gasteiger partial charge in [0.25, 0.3) is 5.91 Å². The van der Waals surface area contributed by atoms with Crippen molar-refractivity contribution in [3.8, 4) is 0 Å². The Balaban J connectivity index is 1.57. The summed E-state index contributed by atoms with van der Waals surface area (Å²) in [5.74, 6) is 0.365. The molecule has 130 valence electrons. The van der Waals surface area contributed by atoms with E-state index in [1.807, 2.05) is 0 Å². The fourth-order valence-electron chi connectivity index (χ4n) is 4.08. The Hall–Kier alpha value is -1.88. The van der Waals surface area contributed by atoms with Gasteiger partial charge in [0.2, 0.25) is 5.91 Å². The molecule has 1 aromatic rings. The van der Waals surface area contributed by atoms with Crippen LogP contribution in [0.25, 0.3) is 0 Å². The van der Waals surface area contributed by atoms with Crippen LogP contribution in [0.3, 0.4) is 0 Å². The molecule has 0 spiro atoms. The molecule has 2 unspecified atom stereocenters. The van der Waals surface area contributed by atoms with E-state index in [9.17, 15) is 9.59 Å². The predicted molar refractivity (Wildman–Crippen MR) is 95.0 cm³/mol. The summed E-state index contributed by atoms with van der Waals surface area (Å²) in [6.07, 6.45) is 6.32. The fraction of sp³-hybridized carbons (Fsp3) is 0.579. The van der Waals surface area contributed by atoms with E-state index in [2.05, 4.69) is 15.5 Å². The lowest BCUT2D eigenvalue weighted by Gasteiger charge is -2.44. The zero-order valence-electron chi connectivity index (χ0n) is 14.4. The Morgan fingerprint density at radius 1 is 1.17 bits per heavy atom. The van der Waals surface area contributed by atoms with Crippen LogP contribution in [0.4, 0.5) is 5.69 Å². The number of nitrogens with one attached hydrogen (secondary N) is 2. The number of rotatable bonds is 4. The third-order valence-corrected chi connectivity index (χ3v) is 5.20. The zero-order chi connectivity index (χ0) is 16.9. The minimum atomic E-state index is -0.132. The molecule has 5 heteroatoms. The van der Waals surface area contributed by atoms with Gasteiger partial charge in [-0.25, -0.2) is 0 Å². The number of fused-ring (bicyclic) bond motifs is 1. The first kappa shape index (κ1) is 17.0. The number of carbonyl (C=O) groups excluding carboxylic acids is 2.